The fraction of sp³-hybridized carbons (Fsp3) is 0.667. The molecule has 6 nitrogen and oxygen atoms in total. The van der Waals surface area contributed by atoms with E-state index in [2.05, 4.69) is 15.2 Å². The van der Waals surface area contributed by atoms with Crippen LogP contribution in [0.3, 0.4) is 0 Å². The summed E-state index contributed by atoms with van der Waals surface area (Å²) in [6, 6.07) is 0. The predicted molar refractivity (Wildman–Crippen MR) is 50.3 cm³/mol. The fourth-order valence-corrected chi connectivity index (χ4v) is 1.50. The maximum Gasteiger partial charge on any atom is 0.378 e. The minimum absolute atomic E-state index is 0.0549. The van der Waals surface area contributed by atoms with Gasteiger partial charge in [-0.25, -0.2) is 9.78 Å². The Morgan fingerprint density at radius 1 is 1.73 bits per heavy atom. The lowest BCUT2D eigenvalue weighted by Crippen LogP contribution is -2.07. The number of ether oxygens (including phenoxy) is 2. The van der Waals surface area contributed by atoms with Crippen molar-refractivity contribution in [3.8, 4) is 0 Å². The van der Waals surface area contributed by atoms with Gasteiger partial charge in [-0.3, -0.25) is 5.10 Å². The SMILES string of the molecule is CCOC(=O)c1n[nH]c(C2CCCO2)n1. The van der Waals surface area contributed by atoms with Crippen molar-refractivity contribution >= 4 is 5.97 Å². The van der Waals surface area contributed by atoms with Crippen LogP contribution >= 0.6 is 0 Å². The van der Waals surface area contributed by atoms with E-state index >= 15 is 0 Å². The highest BCUT2D eigenvalue weighted by molar-refractivity contribution is 5.84. The van der Waals surface area contributed by atoms with Crippen LogP contribution in [0.4, 0.5) is 0 Å². The summed E-state index contributed by atoms with van der Waals surface area (Å²) < 4.78 is 10.2. The van der Waals surface area contributed by atoms with Crippen LogP contribution in [0.15, 0.2) is 0 Å². The van der Waals surface area contributed by atoms with Gasteiger partial charge >= 0.3 is 5.97 Å². The molecule has 1 unspecified atom stereocenters. The summed E-state index contributed by atoms with van der Waals surface area (Å²) in [5.74, 6) is 0.177. The zero-order valence-electron chi connectivity index (χ0n) is 8.52. The summed E-state index contributed by atoms with van der Waals surface area (Å²) in [7, 11) is 0. The molecule has 1 N–H and O–H groups in total. The first-order chi connectivity index (χ1) is 7.31. The van der Waals surface area contributed by atoms with Crippen molar-refractivity contribution < 1.29 is 14.3 Å². The van der Waals surface area contributed by atoms with Crippen LogP contribution < -0.4 is 0 Å². The minimum atomic E-state index is -0.502. The Bertz CT molecular complexity index is 344. The van der Waals surface area contributed by atoms with Gasteiger partial charge in [-0.2, -0.15) is 0 Å². The Kier molecular flexibility index (Phi) is 2.96. The molecule has 0 radical (unpaired) electrons. The summed E-state index contributed by atoms with van der Waals surface area (Å²) in [4.78, 5) is 15.3. The average molecular weight is 211 g/mol. The third-order valence-corrected chi connectivity index (χ3v) is 2.20. The van der Waals surface area contributed by atoms with E-state index in [-0.39, 0.29) is 11.9 Å². The van der Waals surface area contributed by atoms with Gasteiger partial charge in [0.1, 0.15) is 6.10 Å². The van der Waals surface area contributed by atoms with Crippen molar-refractivity contribution in [2.24, 2.45) is 0 Å². The lowest BCUT2D eigenvalue weighted by Gasteiger charge is -2.02. The van der Waals surface area contributed by atoms with Crippen molar-refractivity contribution in [2.45, 2.75) is 25.9 Å². The zero-order chi connectivity index (χ0) is 10.7. The summed E-state index contributed by atoms with van der Waals surface area (Å²) in [5, 5.41) is 6.49. The van der Waals surface area contributed by atoms with E-state index in [0.717, 1.165) is 19.4 Å². The van der Waals surface area contributed by atoms with Gasteiger partial charge in [-0.1, -0.05) is 0 Å². The van der Waals surface area contributed by atoms with Gasteiger partial charge in [-0.15, -0.1) is 5.10 Å². The first-order valence-electron chi connectivity index (χ1n) is 5.02. The Balaban J connectivity index is 2.06. The minimum Gasteiger partial charge on any atom is -0.460 e. The van der Waals surface area contributed by atoms with Crippen molar-refractivity contribution in [1.82, 2.24) is 15.2 Å². The third kappa shape index (κ3) is 2.15. The summed E-state index contributed by atoms with van der Waals surface area (Å²) in [6.45, 7) is 2.80. The highest BCUT2D eigenvalue weighted by atomic mass is 16.5. The second-order valence-corrected chi connectivity index (χ2v) is 3.27. The molecule has 15 heavy (non-hydrogen) atoms. The van der Waals surface area contributed by atoms with Gasteiger partial charge < -0.3 is 9.47 Å². The van der Waals surface area contributed by atoms with Crippen molar-refractivity contribution in [3.05, 3.63) is 11.6 Å². The molecule has 0 saturated carbocycles. The fourth-order valence-electron chi connectivity index (χ4n) is 1.50. The average Bonchev–Trinajstić information content (AvgIpc) is 2.89. The van der Waals surface area contributed by atoms with Crippen LogP contribution in [0.1, 0.15) is 42.3 Å². The molecule has 1 aromatic rings. The lowest BCUT2D eigenvalue weighted by atomic mass is 10.2. The van der Waals surface area contributed by atoms with E-state index < -0.39 is 5.97 Å². The number of nitrogens with one attached hydrogen (secondary N) is 1. The molecule has 1 saturated heterocycles. The molecular formula is C9H13N3O3. The Morgan fingerprint density at radius 2 is 2.60 bits per heavy atom. The number of rotatable bonds is 3. The molecule has 2 heterocycles. The van der Waals surface area contributed by atoms with E-state index in [9.17, 15) is 4.79 Å². The third-order valence-electron chi connectivity index (χ3n) is 2.20. The second kappa shape index (κ2) is 4.39. The van der Waals surface area contributed by atoms with Gasteiger partial charge in [0.2, 0.25) is 0 Å². The highest BCUT2D eigenvalue weighted by Crippen LogP contribution is 2.25. The normalized spacial score (nSPS) is 20.5. The Hall–Kier alpha value is -1.43. The summed E-state index contributed by atoms with van der Waals surface area (Å²) >= 11 is 0. The van der Waals surface area contributed by atoms with Crippen LogP contribution in [0.5, 0.6) is 0 Å². The van der Waals surface area contributed by atoms with Gasteiger partial charge in [0.15, 0.2) is 5.82 Å². The molecule has 1 aliphatic heterocycles. The molecule has 1 atom stereocenters. The monoisotopic (exact) mass is 211 g/mol. The molecule has 0 aromatic carbocycles. The first kappa shape index (κ1) is 10.1. The summed E-state index contributed by atoms with van der Waals surface area (Å²) in [5.41, 5.74) is 0. The van der Waals surface area contributed by atoms with E-state index in [1.165, 1.54) is 0 Å². The Labute approximate surface area is 87.0 Å². The number of esters is 1. The second-order valence-electron chi connectivity index (χ2n) is 3.27. The van der Waals surface area contributed by atoms with E-state index in [1.54, 1.807) is 6.92 Å². The number of aromatic nitrogens is 3. The Morgan fingerprint density at radius 3 is 3.27 bits per heavy atom. The van der Waals surface area contributed by atoms with Crippen molar-refractivity contribution in [2.75, 3.05) is 13.2 Å². The van der Waals surface area contributed by atoms with Crippen molar-refractivity contribution in [1.29, 1.82) is 0 Å². The molecule has 82 valence electrons. The molecule has 1 aromatic heterocycles. The van der Waals surface area contributed by atoms with Gasteiger partial charge in [0.05, 0.1) is 6.61 Å². The van der Waals surface area contributed by atoms with E-state index in [1.807, 2.05) is 0 Å². The molecular weight excluding hydrogens is 198 g/mol. The molecule has 1 aliphatic rings. The van der Waals surface area contributed by atoms with Crippen LogP contribution in [-0.4, -0.2) is 34.4 Å². The topological polar surface area (TPSA) is 77.1 Å². The van der Waals surface area contributed by atoms with E-state index in [0.29, 0.717) is 12.4 Å². The molecule has 0 bridgehead atoms. The highest BCUT2D eigenvalue weighted by Gasteiger charge is 2.23. The maximum absolute atomic E-state index is 11.3. The number of nitrogens with zero attached hydrogens (tertiary/aromatic N) is 2. The molecule has 0 amide bonds. The molecule has 0 spiro atoms. The number of hydrogen-bond donors (Lipinski definition) is 1. The van der Waals surface area contributed by atoms with Crippen LogP contribution in [0.25, 0.3) is 0 Å². The number of carbonyl (C=O) groups excluding carboxylic acids is 1. The van der Waals surface area contributed by atoms with Crippen LogP contribution in [0, 0.1) is 0 Å². The van der Waals surface area contributed by atoms with Gasteiger partial charge in [0.25, 0.3) is 5.82 Å². The molecule has 6 heteroatoms. The lowest BCUT2D eigenvalue weighted by molar-refractivity contribution is 0.0512. The molecule has 1 fully saturated rings. The largest absolute Gasteiger partial charge is 0.460 e. The van der Waals surface area contributed by atoms with E-state index in [4.69, 9.17) is 9.47 Å². The van der Waals surface area contributed by atoms with Gasteiger partial charge in [0, 0.05) is 6.61 Å². The number of carbonyl (C=O) groups is 1. The standard InChI is InChI=1S/C9H13N3O3/c1-2-14-9(13)8-10-7(11-12-8)6-4-3-5-15-6/h6H,2-5H2,1H3,(H,10,11,12). The van der Waals surface area contributed by atoms with Crippen molar-refractivity contribution in [3.63, 3.8) is 0 Å². The zero-order valence-corrected chi connectivity index (χ0v) is 8.52. The van der Waals surface area contributed by atoms with Crippen LogP contribution in [0.2, 0.25) is 0 Å². The number of hydrogen-bond acceptors (Lipinski definition) is 5. The summed E-state index contributed by atoms with van der Waals surface area (Å²) in [6.07, 6.45) is 1.87. The molecule has 2 rings (SSSR count). The quantitative estimate of drug-likeness (QED) is 0.749. The van der Waals surface area contributed by atoms with Gasteiger partial charge in [-0.05, 0) is 19.8 Å². The first-order valence-corrected chi connectivity index (χ1v) is 5.02. The molecule has 0 aliphatic carbocycles. The maximum atomic E-state index is 11.3. The predicted octanol–water partition coefficient (Wildman–Crippen LogP) is 0.833. The van der Waals surface area contributed by atoms with Crippen LogP contribution in [-0.2, 0) is 9.47 Å². The smallest absolute Gasteiger partial charge is 0.378 e. The number of aromatic amines is 1. The number of H-pyrrole nitrogens is 1.